The molecule has 12 aromatic carbocycles. The van der Waals surface area contributed by atoms with Crippen molar-refractivity contribution in [1.29, 1.82) is 0 Å². The van der Waals surface area contributed by atoms with Gasteiger partial charge in [0.05, 0.1) is 38.8 Å². The van der Waals surface area contributed by atoms with E-state index < -0.39 is 0 Å². The van der Waals surface area contributed by atoms with E-state index in [-0.39, 0.29) is 0 Å². The van der Waals surface area contributed by atoms with E-state index in [1.165, 1.54) is 93.5 Å². The molecule has 86 heavy (non-hydrogen) atoms. The van der Waals surface area contributed by atoms with Gasteiger partial charge in [0, 0.05) is 93.9 Å². The molecule has 0 radical (unpaired) electrons. The summed E-state index contributed by atoms with van der Waals surface area (Å²) < 4.78 is 17.2. The number of nitrogens with zero attached hydrogens (tertiary/aromatic N) is 6. The van der Waals surface area contributed by atoms with Crippen molar-refractivity contribution in [1.82, 2.24) is 29.1 Å². The number of furan rings is 1. The summed E-state index contributed by atoms with van der Waals surface area (Å²) in [5.41, 5.74) is 9.76. The third-order valence-electron chi connectivity index (χ3n) is 17.2. The van der Waals surface area contributed by atoms with Crippen LogP contribution in [0.1, 0.15) is 0 Å². The van der Waals surface area contributed by atoms with Gasteiger partial charge in [0.15, 0.2) is 0 Å². The van der Waals surface area contributed by atoms with Crippen molar-refractivity contribution in [3.63, 3.8) is 0 Å². The Morgan fingerprint density at radius 3 is 1.26 bits per heavy atom. The molecule has 0 fully saturated rings. The molecular formula is C76H42N6OS3. The van der Waals surface area contributed by atoms with Gasteiger partial charge in [-0.3, -0.25) is 9.13 Å². The second-order valence-corrected chi connectivity index (χ2v) is 25.3. The molecule has 0 amide bonds. The first-order valence-corrected chi connectivity index (χ1v) is 31.1. The van der Waals surface area contributed by atoms with Gasteiger partial charge >= 0.3 is 0 Å². The Bertz CT molecular complexity index is 5870. The number of aromatic nitrogens is 6. The largest absolute Gasteiger partial charge is 0.437 e. The molecule has 20 aromatic rings. The Kier molecular flexibility index (Phi) is 10.3. The Hall–Kier alpha value is -10.6. The molecule has 7 nitrogen and oxygen atoms in total. The standard InChI is InChI=1S/C38H21N3OS.C38H21N3S2/c1-2-10-23-20-31-29(19-22(23)9-1)25-11-3-6-14-30(25)41(31)38-39-36(35-28-13-4-7-15-32(28)42-37(35)40-38)24-17-18-27-26-12-5-8-16-33(26)43-34(27)21-24;1-2-10-23-20-31-29(19-22(23)9-1)25-11-3-6-14-30(25)41(31)38-39-36(35-28-13-5-8-16-33(28)43-37(35)40-38)24-17-18-27-26-12-4-7-15-32(26)42-34(27)21-24/h2*1-21H. The molecule has 0 spiro atoms. The van der Waals surface area contributed by atoms with Gasteiger partial charge in [-0.15, -0.1) is 34.0 Å². The number of benzene rings is 12. The van der Waals surface area contributed by atoms with Crippen LogP contribution in [-0.2, 0) is 0 Å². The molecule has 0 unspecified atom stereocenters. The first-order valence-electron chi connectivity index (χ1n) is 28.7. The monoisotopic (exact) mass is 1150 g/mol. The lowest BCUT2D eigenvalue weighted by atomic mass is 10.0. The van der Waals surface area contributed by atoms with Crippen LogP contribution in [0.4, 0.5) is 0 Å². The van der Waals surface area contributed by atoms with E-state index in [0.29, 0.717) is 17.6 Å². The number of hydrogen-bond donors (Lipinski definition) is 0. The molecule has 0 N–H and O–H groups in total. The average Bonchev–Trinajstić information content (AvgIpc) is 3.47. The summed E-state index contributed by atoms with van der Waals surface area (Å²) in [7, 11) is 0. The van der Waals surface area contributed by atoms with Crippen molar-refractivity contribution in [3.05, 3.63) is 255 Å². The first kappa shape index (κ1) is 47.8. The van der Waals surface area contributed by atoms with Crippen LogP contribution in [0, 0.1) is 0 Å². The van der Waals surface area contributed by atoms with Crippen LogP contribution in [0.5, 0.6) is 0 Å². The molecule has 0 bridgehead atoms. The molecule has 0 aliphatic rings. The van der Waals surface area contributed by atoms with Crippen LogP contribution >= 0.6 is 34.0 Å². The molecule has 8 aromatic heterocycles. The topological polar surface area (TPSA) is 74.6 Å². The van der Waals surface area contributed by atoms with E-state index in [9.17, 15) is 0 Å². The van der Waals surface area contributed by atoms with Gasteiger partial charge in [-0.25, -0.2) is 15.0 Å². The third kappa shape index (κ3) is 7.18. The van der Waals surface area contributed by atoms with Crippen molar-refractivity contribution >= 4 is 182 Å². The Balaban J connectivity index is 0.000000126. The number of fused-ring (bicyclic) bond motifs is 20. The van der Waals surface area contributed by atoms with Crippen molar-refractivity contribution in [2.45, 2.75) is 0 Å². The van der Waals surface area contributed by atoms with E-state index in [0.717, 1.165) is 71.2 Å². The summed E-state index contributed by atoms with van der Waals surface area (Å²) in [6, 6.07) is 90.8. The highest BCUT2D eigenvalue weighted by Crippen LogP contribution is 2.45. The average molecular weight is 1150 g/mol. The Morgan fingerprint density at radius 1 is 0.279 bits per heavy atom. The molecule has 8 heterocycles. The molecule has 0 saturated heterocycles. The number of para-hydroxylation sites is 3. The molecule has 0 saturated carbocycles. The van der Waals surface area contributed by atoms with Crippen LogP contribution < -0.4 is 0 Å². The van der Waals surface area contributed by atoms with Crippen LogP contribution in [0.25, 0.3) is 182 Å². The molecule has 0 aliphatic heterocycles. The van der Waals surface area contributed by atoms with E-state index in [1.54, 1.807) is 11.3 Å². The summed E-state index contributed by atoms with van der Waals surface area (Å²) in [6.07, 6.45) is 0. The van der Waals surface area contributed by atoms with E-state index in [1.807, 2.05) is 40.9 Å². The minimum Gasteiger partial charge on any atom is -0.437 e. The van der Waals surface area contributed by atoms with Crippen LogP contribution in [-0.4, -0.2) is 29.1 Å². The normalized spacial score (nSPS) is 12.2. The fourth-order valence-corrected chi connectivity index (χ4v) is 16.7. The van der Waals surface area contributed by atoms with Crippen molar-refractivity contribution in [2.75, 3.05) is 0 Å². The van der Waals surface area contributed by atoms with Crippen LogP contribution in [0.15, 0.2) is 259 Å². The highest BCUT2D eigenvalue weighted by atomic mass is 32.1. The van der Waals surface area contributed by atoms with E-state index in [4.69, 9.17) is 24.4 Å². The molecule has 20 rings (SSSR count). The van der Waals surface area contributed by atoms with Gasteiger partial charge in [-0.05, 0) is 94.3 Å². The lowest BCUT2D eigenvalue weighted by Crippen LogP contribution is -2.02. The zero-order valence-corrected chi connectivity index (χ0v) is 48.0. The summed E-state index contributed by atoms with van der Waals surface area (Å²) in [5.74, 6) is 1.30. The van der Waals surface area contributed by atoms with Gasteiger partial charge in [0.1, 0.15) is 10.4 Å². The van der Waals surface area contributed by atoms with Crippen molar-refractivity contribution in [3.8, 4) is 34.4 Å². The molecule has 10 heteroatoms. The van der Waals surface area contributed by atoms with Gasteiger partial charge in [0.2, 0.25) is 17.6 Å². The summed E-state index contributed by atoms with van der Waals surface area (Å²) in [6.45, 7) is 0. The van der Waals surface area contributed by atoms with Crippen molar-refractivity contribution in [2.24, 2.45) is 0 Å². The highest BCUT2D eigenvalue weighted by Gasteiger charge is 2.24. The Morgan fingerprint density at radius 2 is 0.698 bits per heavy atom. The smallest absolute Gasteiger partial charge is 0.238 e. The first-order chi connectivity index (χ1) is 42.6. The molecular weight excluding hydrogens is 1110 g/mol. The summed E-state index contributed by atoms with van der Waals surface area (Å²) in [4.78, 5) is 22.2. The quantitative estimate of drug-likeness (QED) is 0.176. The number of rotatable bonds is 4. The maximum absolute atomic E-state index is 6.42. The van der Waals surface area contributed by atoms with Crippen molar-refractivity contribution < 1.29 is 4.42 Å². The minimum absolute atomic E-state index is 0.587. The molecule has 400 valence electrons. The predicted octanol–water partition coefficient (Wildman–Crippen LogP) is 21.8. The molecule has 0 aliphatic carbocycles. The maximum atomic E-state index is 6.42. The SMILES string of the molecule is c1ccc2cc3c(cc2c1)c1ccccc1n3-c1nc(-c2ccc3c(c2)sc2ccccc23)c2c(n1)oc1ccccc12.c1ccc2cc3c(cc2c1)c1ccccc1n3-c1nc(-c2ccc3c(c2)sc2ccccc23)c2c(n1)sc1ccccc12. The van der Waals surface area contributed by atoms with Gasteiger partial charge in [-0.1, -0.05) is 182 Å². The number of thiophene rings is 3. The highest BCUT2D eigenvalue weighted by molar-refractivity contribution is 7.26. The second kappa shape index (κ2) is 18.4. The van der Waals surface area contributed by atoms with Crippen LogP contribution in [0.3, 0.4) is 0 Å². The zero-order valence-electron chi connectivity index (χ0n) is 45.6. The van der Waals surface area contributed by atoms with Gasteiger partial charge in [0.25, 0.3) is 0 Å². The zero-order chi connectivity index (χ0) is 56.1. The Labute approximate surface area is 501 Å². The second-order valence-electron chi connectivity index (χ2n) is 22.1. The maximum Gasteiger partial charge on any atom is 0.238 e. The van der Waals surface area contributed by atoms with Crippen LogP contribution in [0.2, 0.25) is 0 Å². The van der Waals surface area contributed by atoms with E-state index in [2.05, 4.69) is 246 Å². The van der Waals surface area contributed by atoms with Gasteiger partial charge in [-0.2, -0.15) is 4.98 Å². The fourth-order valence-electron chi connectivity index (χ4n) is 13.3. The third-order valence-corrected chi connectivity index (χ3v) is 20.6. The summed E-state index contributed by atoms with van der Waals surface area (Å²) in [5, 5.41) is 19.0. The fraction of sp³-hybridized carbons (Fsp3) is 0. The lowest BCUT2D eigenvalue weighted by molar-refractivity contribution is 0.651. The van der Waals surface area contributed by atoms with Gasteiger partial charge < -0.3 is 4.42 Å². The summed E-state index contributed by atoms with van der Waals surface area (Å²) >= 11 is 5.40. The minimum atomic E-state index is 0.587. The van der Waals surface area contributed by atoms with E-state index >= 15 is 0 Å². The number of hydrogen-bond acceptors (Lipinski definition) is 8. The lowest BCUT2D eigenvalue weighted by Gasteiger charge is -2.11. The molecule has 0 atom stereocenters. The predicted molar refractivity (Wildman–Crippen MR) is 365 cm³/mol.